The second-order valence-corrected chi connectivity index (χ2v) is 8.03. The van der Waals surface area contributed by atoms with Crippen LogP contribution in [-0.4, -0.2) is 62.3 Å². The number of hydrogen-bond acceptors (Lipinski definition) is 4. The second kappa shape index (κ2) is 9.92. The number of nitrogens with zero attached hydrogens (tertiary/aromatic N) is 2. The molecule has 5 nitrogen and oxygen atoms in total. The maximum absolute atomic E-state index is 5.56. The zero-order chi connectivity index (χ0) is 18.1. The first-order valence-electron chi connectivity index (χ1n) is 8.89. The number of ether oxygens (including phenoxy) is 2. The Balaban J connectivity index is 1.98. The van der Waals surface area contributed by atoms with Gasteiger partial charge in [-0.15, -0.1) is 0 Å². The van der Waals surface area contributed by atoms with Crippen molar-refractivity contribution in [2.45, 2.75) is 31.1 Å². The van der Waals surface area contributed by atoms with Crippen LogP contribution < -0.4 is 10.1 Å². The molecule has 1 aromatic carbocycles. The van der Waals surface area contributed by atoms with Crippen molar-refractivity contribution >= 4 is 17.7 Å². The summed E-state index contributed by atoms with van der Waals surface area (Å²) in [7, 11) is 5.61. The molecule has 0 amide bonds. The molecule has 1 aliphatic rings. The van der Waals surface area contributed by atoms with Crippen LogP contribution in [0.1, 0.15) is 25.3 Å². The number of nitrogens with one attached hydrogen (secondary N) is 1. The summed E-state index contributed by atoms with van der Waals surface area (Å²) < 4.78 is 11.3. The maximum atomic E-state index is 5.56. The first-order chi connectivity index (χ1) is 12.1. The third-order valence-electron chi connectivity index (χ3n) is 4.60. The molecule has 0 unspecified atom stereocenters. The van der Waals surface area contributed by atoms with Crippen molar-refractivity contribution in [1.29, 1.82) is 0 Å². The van der Waals surface area contributed by atoms with Gasteiger partial charge in [-0.25, -0.2) is 0 Å². The largest absolute Gasteiger partial charge is 0.496 e. The second-order valence-electron chi connectivity index (χ2n) is 6.30. The summed E-state index contributed by atoms with van der Waals surface area (Å²) in [6.45, 7) is 5.59. The number of aliphatic imine (C=N–C) groups is 1. The molecule has 0 atom stereocenters. The standard InChI is InChI=1S/C19H31N3O2S/c1-5-25-19(10-12-24-13-11-19)15-21-18(20-2)22(3)14-16-8-6-7-9-17(16)23-4/h6-9H,5,10-15H2,1-4H3,(H,20,21). The third kappa shape index (κ3) is 5.54. The molecular formula is C19H31N3O2S. The normalized spacial score (nSPS) is 17.2. The van der Waals surface area contributed by atoms with Crippen LogP contribution in [0.2, 0.25) is 0 Å². The topological polar surface area (TPSA) is 46.1 Å². The van der Waals surface area contributed by atoms with E-state index in [4.69, 9.17) is 9.47 Å². The molecule has 1 N–H and O–H groups in total. The van der Waals surface area contributed by atoms with E-state index in [-0.39, 0.29) is 4.75 Å². The van der Waals surface area contributed by atoms with Crippen molar-refractivity contribution in [2.75, 3.05) is 46.7 Å². The van der Waals surface area contributed by atoms with E-state index in [9.17, 15) is 0 Å². The summed E-state index contributed by atoms with van der Waals surface area (Å²) in [5, 5.41) is 3.58. The van der Waals surface area contributed by atoms with Crippen LogP contribution in [0.25, 0.3) is 0 Å². The van der Waals surface area contributed by atoms with E-state index in [0.29, 0.717) is 0 Å². The maximum Gasteiger partial charge on any atom is 0.193 e. The average molecular weight is 366 g/mol. The van der Waals surface area contributed by atoms with Crippen molar-refractivity contribution < 1.29 is 9.47 Å². The number of methoxy groups -OCH3 is 1. The van der Waals surface area contributed by atoms with Crippen molar-refractivity contribution in [3.63, 3.8) is 0 Å². The molecule has 1 aromatic rings. The molecule has 1 saturated heterocycles. The molecule has 1 aliphatic heterocycles. The van der Waals surface area contributed by atoms with Crippen molar-refractivity contribution in [3.05, 3.63) is 29.8 Å². The SMILES string of the molecule is CCSC1(CNC(=NC)N(C)Cc2ccccc2OC)CCOCC1. The van der Waals surface area contributed by atoms with Gasteiger partial charge in [-0.1, -0.05) is 25.1 Å². The van der Waals surface area contributed by atoms with E-state index in [2.05, 4.69) is 35.2 Å². The average Bonchev–Trinajstić information content (AvgIpc) is 2.63. The van der Waals surface area contributed by atoms with Crippen LogP contribution in [-0.2, 0) is 11.3 Å². The molecule has 25 heavy (non-hydrogen) atoms. The number of rotatable bonds is 7. The lowest BCUT2D eigenvalue weighted by molar-refractivity contribution is 0.0780. The Hall–Kier alpha value is -1.40. The van der Waals surface area contributed by atoms with Crippen LogP contribution in [0, 0.1) is 0 Å². The van der Waals surface area contributed by atoms with E-state index < -0.39 is 0 Å². The van der Waals surface area contributed by atoms with Gasteiger partial charge in [0.05, 0.1) is 7.11 Å². The number of para-hydroxylation sites is 1. The van der Waals surface area contributed by atoms with Crippen LogP contribution in [0.15, 0.2) is 29.3 Å². The minimum absolute atomic E-state index is 0.244. The molecule has 0 spiro atoms. The summed E-state index contributed by atoms with van der Waals surface area (Å²) in [6.07, 6.45) is 2.18. The summed E-state index contributed by atoms with van der Waals surface area (Å²) in [5.74, 6) is 2.94. The molecule has 0 radical (unpaired) electrons. The molecule has 0 bridgehead atoms. The quantitative estimate of drug-likeness (QED) is 0.594. The van der Waals surface area contributed by atoms with Gasteiger partial charge in [0.15, 0.2) is 5.96 Å². The Kier molecular flexibility index (Phi) is 7.90. The highest BCUT2D eigenvalue weighted by Gasteiger charge is 2.33. The van der Waals surface area contributed by atoms with E-state index in [1.54, 1.807) is 7.11 Å². The van der Waals surface area contributed by atoms with Crippen molar-refractivity contribution in [3.8, 4) is 5.75 Å². The van der Waals surface area contributed by atoms with E-state index in [0.717, 1.165) is 62.2 Å². The number of benzene rings is 1. The Morgan fingerprint density at radius 3 is 2.72 bits per heavy atom. The third-order valence-corrected chi connectivity index (χ3v) is 6.05. The van der Waals surface area contributed by atoms with Gasteiger partial charge in [0.25, 0.3) is 0 Å². The summed E-state index contributed by atoms with van der Waals surface area (Å²) in [4.78, 5) is 6.61. The molecule has 140 valence electrons. The van der Waals surface area contributed by atoms with Crippen LogP contribution >= 0.6 is 11.8 Å². The minimum Gasteiger partial charge on any atom is -0.496 e. The van der Waals surface area contributed by atoms with Gasteiger partial charge in [-0.3, -0.25) is 4.99 Å². The summed E-state index contributed by atoms with van der Waals surface area (Å²) >= 11 is 2.04. The highest BCUT2D eigenvalue weighted by atomic mass is 32.2. The van der Waals surface area contributed by atoms with E-state index >= 15 is 0 Å². The van der Waals surface area contributed by atoms with Crippen LogP contribution in [0.3, 0.4) is 0 Å². The highest BCUT2D eigenvalue weighted by Crippen LogP contribution is 2.34. The smallest absolute Gasteiger partial charge is 0.193 e. The zero-order valence-electron chi connectivity index (χ0n) is 15.9. The highest BCUT2D eigenvalue weighted by molar-refractivity contribution is 8.00. The number of thioether (sulfide) groups is 1. The first kappa shape index (κ1) is 19.9. The molecule has 2 rings (SSSR count). The van der Waals surface area contributed by atoms with E-state index in [1.807, 2.05) is 37.0 Å². The molecule has 1 heterocycles. The Labute approximate surface area is 156 Å². The lowest BCUT2D eigenvalue weighted by atomic mass is 9.99. The van der Waals surface area contributed by atoms with E-state index in [1.165, 1.54) is 0 Å². The van der Waals surface area contributed by atoms with Crippen molar-refractivity contribution in [2.24, 2.45) is 4.99 Å². The molecule has 0 aliphatic carbocycles. The van der Waals surface area contributed by atoms with Gasteiger partial charge < -0.3 is 19.7 Å². The van der Waals surface area contributed by atoms with Gasteiger partial charge in [-0.05, 0) is 24.7 Å². The van der Waals surface area contributed by atoms with Gasteiger partial charge in [0, 0.05) is 50.7 Å². The number of hydrogen-bond donors (Lipinski definition) is 1. The number of guanidine groups is 1. The fourth-order valence-electron chi connectivity index (χ4n) is 3.21. The lowest BCUT2D eigenvalue weighted by Crippen LogP contribution is -2.48. The van der Waals surface area contributed by atoms with Crippen molar-refractivity contribution in [1.82, 2.24) is 10.2 Å². The Morgan fingerprint density at radius 1 is 1.36 bits per heavy atom. The molecule has 0 aromatic heterocycles. The van der Waals surface area contributed by atoms with Gasteiger partial charge in [-0.2, -0.15) is 11.8 Å². The molecule has 6 heteroatoms. The van der Waals surface area contributed by atoms with Crippen LogP contribution in [0.5, 0.6) is 5.75 Å². The fourth-order valence-corrected chi connectivity index (χ4v) is 4.45. The molecule has 1 fully saturated rings. The first-order valence-corrected chi connectivity index (χ1v) is 9.88. The van der Waals surface area contributed by atoms with Gasteiger partial charge in [0.2, 0.25) is 0 Å². The summed E-state index contributed by atoms with van der Waals surface area (Å²) in [5.41, 5.74) is 1.15. The Bertz CT molecular complexity index is 554. The van der Waals surface area contributed by atoms with Gasteiger partial charge >= 0.3 is 0 Å². The van der Waals surface area contributed by atoms with Crippen LogP contribution in [0.4, 0.5) is 0 Å². The van der Waals surface area contributed by atoms with Gasteiger partial charge in [0.1, 0.15) is 5.75 Å². The predicted octanol–water partition coefficient (Wildman–Crippen LogP) is 3.00. The lowest BCUT2D eigenvalue weighted by Gasteiger charge is -2.37. The predicted molar refractivity (Wildman–Crippen MR) is 107 cm³/mol. The minimum atomic E-state index is 0.244. The molecule has 0 saturated carbocycles. The fraction of sp³-hybridized carbons (Fsp3) is 0.632. The Morgan fingerprint density at radius 2 is 2.08 bits per heavy atom. The molecular weight excluding hydrogens is 334 g/mol. The monoisotopic (exact) mass is 365 g/mol. The zero-order valence-corrected chi connectivity index (χ0v) is 16.7. The summed E-state index contributed by atoms with van der Waals surface area (Å²) in [6, 6.07) is 8.12.